The third kappa shape index (κ3) is 3.29. The lowest BCUT2D eigenvalue weighted by molar-refractivity contribution is 0.261. The Hall–Kier alpha value is -1.56. The summed E-state index contributed by atoms with van der Waals surface area (Å²) < 4.78 is 13.0. The Morgan fingerprint density at radius 3 is 3.00 bits per heavy atom. The van der Waals surface area contributed by atoms with Gasteiger partial charge in [-0.25, -0.2) is 4.98 Å². The van der Waals surface area contributed by atoms with Crippen molar-refractivity contribution in [2.24, 2.45) is 0 Å². The van der Waals surface area contributed by atoms with E-state index in [1.165, 1.54) is 21.4 Å². The quantitative estimate of drug-likeness (QED) is 0.712. The molecule has 4 rings (SSSR count). The molecule has 0 saturated carbocycles. The molecule has 0 N–H and O–H groups in total. The SMILES string of the molecule is CS(=O)c1ccc2c(c1)CCCN(Cc1ccc3scnc3c1)C2. The molecule has 2 heterocycles. The van der Waals surface area contributed by atoms with Gasteiger partial charge in [-0.1, -0.05) is 12.1 Å². The summed E-state index contributed by atoms with van der Waals surface area (Å²) in [7, 11) is -0.902. The lowest BCUT2D eigenvalue weighted by atomic mass is 10.0. The molecular weight excluding hydrogens is 336 g/mol. The minimum Gasteiger partial charge on any atom is -0.295 e. The van der Waals surface area contributed by atoms with Crippen molar-refractivity contribution in [1.29, 1.82) is 0 Å². The van der Waals surface area contributed by atoms with Crippen LogP contribution >= 0.6 is 11.3 Å². The molecule has 0 amide bonds. The van der Waals surface area contributed by atoms with Gasteiger partial charge in [0.05, 0.1) is 15.7 Å². The molecule has 0 aliphatic carbocycles. The second-order valence-corrected chi connectivity index (χ2v) is 8.62. The Morgan fingerprint density at radius 2 is 2.12 bits per heavy atom. The van der Waals surface area contributed by atoms with E-state index < -0.39 is 10.8 Å². The van der Waals surface area contributed by atoms with Crippen LogP contribution in [-0.4, -0.2) is 26.9 Å². The molecule has 0 bridgehead atoms. The van der Waals surface area contributed by atoms with Crippen molar-refractivity contribution in [1.82, 2.24) is 9.88 Å². The third-order valence-corrected chi connectivity index (χ3v) is 6.35. The van der Waals surface area contributed by atoms with E-state index in [0.29, 0.717) is 0 Å². The van der Waals surface area contributed by atoms with Crippen molar-refractivity contribution < 1.29 is 4.21 Å². The molecule has 0 saturated heterocycles. The van der Waals surface area contributed by atoms with Gasteiger partial charge in [0.15, 0.2) is 0 Å². The van der Waals surface area contributed by atoms with Crippen LogP contribution in [0.5, 0.6) is 0 Å². The van der Waals surface area contributed by atoms with Crippen LogP contribution < -0.4 is 0 Å². The molecule has 3 nitrogen and oxygen atoms in total. The maximum absolute atomic E-state index is 11.7. The first-order valence-corrected chi connectivity index (χ1v) is 10.6. The number of rotatable bonds is 3. The van der Waals surface area contributed by atoms with Crippen LogP contribution in [0.2, 0.25) is 0 Å². The minimum absolute atomic E-state index is 0.902. The maximum Gasteiger partial charge on any atom is 0.0815 e. The zero-order chi connectivity index (χ0) is 16.5. The second-order valence-electron chi connectivity index (χ2n) is 6.35. The number of thiazole rings is 1. The normalized spacial score (nSPS) is 16.7. The molecule has 1 aliphatic heterocycles. The molecule has 5 heteroatoms. The van der Waals surface area contributed by atoms with E-state index in [2.05, 4.69) is 40.2 Å². The Bertz CT molecular complexity index is 903. The number of fused-ring (bicyclic) bond motifs is 2. The van der Waals surface area contributed by atoms with E-state index in [1.807, 2.05) is 11.6 Å². The van der Waals surface area contributed by atoms with E-state index in [0.717, 1.165) is 42.9 Å². The predicted octanol–water partition coefficient (Wildman–Crippen LogP) is 3.98. The van der Waals surface area contributed by atoms with Crippen molar-refractivity contribution in [3.63, 3.8) is 0 Å². The summed E-state index contributed by atoms with van der Waals surface area (Å²) in [6.45, 7) is 3.00. The molecule has 1 aliphatic rings. The van der Waals surface area contributed by atoms with Crippen molar-refractivity contribution >= 4 is 32.4 Å². The Morgan fingerprint density at radius 1 is 1.21 bits per heavy atom. The first-order chi connectivity index (χ1) is 11.7. The predicted molar refractivity (Wildman–Crippen MR) is 101 cm³/mol. The van der Waals surface area contributed by atoms with Gasteiger partial charge in [0.25, 0.3) is 0 Å². The van der Waals surface area contributed by atoms with E-state index >= 15 is 0 Å². The number of hydrogen-bond acceptors (Lipinski definition) is 4. The minimum atomic E-state index is -0.902. The summed E-state index contributed by atoms with van der Waals surface area (Å²) in [5, 5.41) is 0. The molecule has 2 aromatic carbocycles. The van der Waals surface area contributed by atoms with E-state index in [4.69, 9.17) is 0 Å². The van der Waals surface area contributed by atoms with E-state index in [-0.39, 0.29) is 0 Å². The van der Waals surface area contributed by atoms with Gasteiger partial charge in [0.2, 0.25) is 0 Å². The standard InChI is InChI=1S/C19H20N2OS2/c1-24(22)17-6-5-16-12-21(8-2-3-15(16)10-17)11-14-4-7-19-18(9-14)20-13-23-19/h4-7,9-10,13H,2-3,8,11-12H2,1H3. The van der Waals surface area contributed by atoms with Gasteiger partial charge in [-0.15, -0.1) is 11.3 Å². The molecule has 3 aromatic rings. The van der Waals surface area contributed by atoms with Crippen LogP contribution in [0.3, 0.4) is 0 Å². The third-order valence-electron chi connectivity index (χ3n) is 4.63. The molecule has 1 unspecified atom stereocenters. The second kappa shape index (κ2) is 6.75. The topological polar surface area (TPSA) is 33.2 Å². The van der Waals surface area contributed by atoms with Crippen molar-refractivity contribution in [3.05, 3.63) is 58.6 Å². The molecule has 0 spiro atoms. The van der Waals surface area contributed by atoms with Gasteiger partial charge in [-0.05, 0) is 60.3 Å². The average Bonchev–Trinajstić information content (AvgIpc) is 2.94. The van der Waals surface area contributed by atoms with Crippen LogP contribution in [0.4, 0.5) is 0 Å². The highest BCUT2D eigenvalue weighted by Gasteiger charge is 2.16. The number of benzene rings is 2. The summed E-state index contributed by atoms with van der Waals surface area (Å²) in [6, 6.07) is 12.9. The average molecular weight is 357 g/mol. The van der Waals surface area contributed by atoms with Crippen molar-refractivity contribution in [2.75, 3.05) is 12.8 Å². The van der Waals surface area contributed by atoms with Crippen molar-refractivity contribution in [2.45, 2.75) is 30.8 Å². The molecule has 124 valence electrons. The van der Waals surface area contributed by atoms with Crippen LogP contribution in [0.15, 0.2) is 46.8 Å². The number of aryl methyl sites for hydroxylation is 1. The summed E-state index contributed by atoms with van der Waals surface area (Å²) >= 11 is 1.69. The van der Waals surface area contributed by atoms with Crippen LogP contribution in [0.1, 0.15) is 23.1 Å². The Labute approximate surface area is 148 Å². The molecule has 0 radical (unpaired) electrons. The van der Waals surface area contributed by atoms with Gasteiger partial charge < -0.3 is 0 Å². The highest BCUT2D eigenvalue weighted by molar-refractivity contribution is 7.84. The summed E-state index contributed by atoms with van der Waals surface area (Å²) in [5.41, 5.74) is 7.06. The van der Waals surface area contributed by atoms with Gasteiger partial charge in [0, 0.05) is 35.0 Å². The molecular formula is C19H20N2OS2. The number of nitrogens with zero attached hydrogens (tertiary/aromatic N) is 2. The van der Waals surface area contributed by atoms with Gasteiger partial charge in [-0.3, -0.25) is 9.11 Å². The van der Waals surface area contributed by atoms with Crippen LogP contribution in [-0.2, 0) is 30.3 Å². The van der Waals surface area contributed by atoms with Gasteiger partial charge in [0.1, 0.15) is 0 Å². The van der Waals surface area contributed by atoms with E-state index in [1.54, 1.807) is 17.6 Å². The van der Waals surface area contributed by atoms with Crippen LogP contribution in [0.25, 0.3) is 10.2 Å². The van der Waals surface area contributed by atoms with Gasteiger partial charge in [-0.2, -0.15) is 0 Å². The zero-order valence-electron chi connectivity index (χ0n) is 13.7. The molecule has 24 heavy (non-hydrogen) atoms. The zero-order valence-corrected chi connectivity index (χ0v) is 15.3. The molecule has 0 fully saturated rings. The highest BCUT2D eigenvalue weighted by Crippen LogP contribution is 2.24. The summed E-state index contributed by atoms with van der Waals surface area (Å²) in [5.74, 6) is 0. The first kappa shape index (κ1) is 15.9. The smallest absolute Gasteiger partial charge is 0.0815 e. The first-order valence-electron chi connectivity index (χ1n) is 8.19. The number of aromatic nitrogens is 1. The van der Waals surface area contributed by atoms with E-state index in [9.17, 15) is 4.21 Å². The van der Waals surface area contributed by atoms with Gasteiger partial charge >= 0.3 is 0 Å². The Kier molecular flexibility index (Phi) is 4.48. The van der Waals surface area contributed by atoms with Crippen LogP contribution in [0, 0.1) is 0 Å². The Balaban J connectivity index is 1.55. The summed E-state index contributed by atoms with van der Waals surface area (Å²) in [6.07, 6.45) is 3.97. The lowest BCUT2D eigenvalue weighted by Gasteiger charge is -2.20. The maximum atomic E-state index is 11.7. The fourth-order valence-electron chi connectivity index (χ4n) is 3.38. The largest absolute Gasteiger partial charge is 0.295 e. The molecule has 1 atom stereocenters. The fourth-order valence-corrected chi connectivity index (χ4v) is 4.60. The highest BCUT2D eigenvalue weighted by atomic mass is 32.2. The lowest BCUT2D eigenvalue weighted by Crippen LogP contribution is -2.22. The monoisotopic (exact) mass is 356 g/mol. The summed E-state index contributed by atoms with van der Waals surface area (Å²) in [4.78, 5) is 7.87. The fraction of sp³-hybridized carbons (Fsp3) is 0.316. The molecule has 1 aromatic heterocycles. The number of hydrogen-bond donors (Lipinski definition) is 0. The van der Waals surface area contributed by atoms with Crippen molar-refractivity contribution in [3.8, 4) is 0 Å².